The third-order valence-electron chi connectivity index (χ3n) is 2.49. The summed E-state index contributed by atoms with van der Waals surface area (Å²) in [5.74, 6) is 6.37. The predicted molar refractivity (Wildman–Crippen MR) is 60.8 cm³/mol. The number of hydrogen-bond acceptors (Lipinski definition) is 5. The Bertz CT molecular complexity index is 688. The average Bonchev–Trinajstić information content (AvgIpc) is 2.81. The maximum absolute atomic E-state index is 11.8. The van der Waals surface area contributed by atoms with Crippen LogP contribution < -0.4 is 15.6 Å². The first-order valence-corrected chi connectivity index (χ1v) is 5.77. The molecule has 3 heterocycles. The molecule has 6 nitrogen and oxygen atoms in total. The van der Waals surface area contributed by atoms with Gasteiger partial charge < -0.3 is 5.11 Å². The van der Waals surface area contributed by atoms with Gasteiger partial charge in [-0.25, -0.2) is 0 Å². The number of nitrogen functional groups attached to an aromatic ring is 1. The summed E-state index contributed by atoms with van der Waals surface area (Å²) in [6.45, 7) is 1.76. The molecular formula is C10H9N5OS. The molecule has 2 N–H and O–H groups in total. The Morgan fingerprint density at radius 1 is 1.41 bits per heavy atom. The highest BCUT2D eigenvalue weighted by molar-refractivity contribution is 7.16. The molecule has 0 bridgehead atoms. The normalized spacial score (nSPS) is 11.1. The second-order valence-electron chi connectivity index (χ2n) is 3.59. The second kappa shape index (κ2) is 3.42. The van der Waals surface area contributed by atoms with Gasteiger partial charge in [-0.3, -0.25) is 10.8 Å². The molecule has 0 saturated heterocycles. The lowest BCUT2D eigenvalue weighted by molar-refractivity contribution is -0.598. The zero-order valence-electron chi connectivity index (χ0n) is 8.99. The first kappa shape index (κ1) is 10.0. The molecule has 3 aromatic heterocycles. The first-order valence-electron chi connectivity index (χ1n) is 4.95. The van der Waals surface area contributed by atoms with Gasteiger partial charge in [-0.2, -0.15) is 0 Å². The lowest BCUT2D eigenvalue weighted by atomic mass is 10.2. The van der Waals surface area contributed by atoms with Crippen molar-refractivity contribution in [3.63, 3.8) is 0 Å². The van der Waals surface area contributed by atoms with Crippen molar-refractivity contribution in [3.8, 4) is 17.3 Å². The highest BCUT2D eigenvalue weighted by Crippen LogP contribution is 2.24. The number of fused-ring (bicyclic) bond motifs is 1. The molecule has 0 saturated carbocycles. The SMILES string of the molecule is Cc1sc2n(nc(-c3ccncc3)[n+]2N)c1[O-]. The summed E-state index contributed by atoms with van der Waals surface area (Å²) in [6, 6.07) is 3.60. The molecule has 0 amide bonds. The van der Waals surface area contributed by atoms with Crippen LogP contribution in [0.1, 0.15) is 4.88 Å². The monoisotopic (exact) mass is 247 g/mol. The van der Waals surface area contributed by atoms with E-state index in [0.717, 1.165) is 5.56 Å². The van der Waals surface area contributed by atoms with Crippen molar-refractivity contribution in [2.24, 2.45) is 0 Å². The maximum Gasteiger partial charge on any atom is 0.345 e. The van der Waals surface area contributed by atoms with E-state index in [1.807, 2.05) is 0 Å². The van der Waals surface area contributed by atoms with Gasteiger partial charge in [0.25, 0.3) is 0 Å². The fraction of sp³-hybridized carbons (Fsp3) is 0.100. The van der Waals surface area contributed by atoms with E-state index in [9.17, 15) is 5.11 Å². The summed E-state index contributed by atoms with van der Waals surface area (Å²) in [5.41, 5.74) is 0.829. The van der Waals surface area contributed by atoms with E-state index in [0.29, 0.717) is 15.7 Å². The van der Waals surface area contributed by atoms with E-state index in [2.05, 4.69) is 10.1 Å². The molecule has 0 aliphatic carbocycles. The fourth-order valence-electron chi connectivity index (χ4n) is 1.63. The second-order valence-corrected chi connectivity index (χ2v) is 4.77. The van der Waals surface area contributed by atoms with E-state index in [1.54, 1.807) is 31.5 Å². The number of nitrogens with two attached hydrogens (primary N) is 1. The molecule has 0 spiro atoms. The Labute approximate surface area is 101 Å². The van der Waals surface area contributed by atoms with Crippen LogP contribution in [0.3, 0.4) is 0 Å². The van der Waals surface area contributed by atoms with Crippen molar-refractivity contribution in [3.05, 3.63) is 29.4 Å². The molecule has 0 unspecified atom stereocenters. The van der Waals surface area contributed by atoms with Crippen LogP contribution in [0.15, 0.2) is 24.5 Å². The van der Waals surface area contributed by atoms with Gasteiger partial charge in [0.2, 0.25) is 0 Å². The van der Waals surface area contributed by atoms with Crippen molar-refractivity contribution in [1.82, 2.24) is 14.6 Å². The number of aromatic nitrogens is 4. The molecule has 3 aromatic rings. The molecule has 0 radical (unpaired) electrons. The van der Waals surface area contributed by atoms with Gasteiger partial charge in [0.05, 0.1) is 16.5 Å². The van der Waals surface area contributed by atoms with Gasteiger partial charge in [-0.05, 0) is 19.1 Å². The van der Waals surface area contributed by atoms with Crippen LogP contribution in [0.5, 0.6) is 5.88 Å². The van der Waals surface area contributed by atoms with Crippen molar-refractivity contribution in [1.29, 1.82) is 0 Å². The predicted octanol–water partition coefficient (Wildman–Crippen LogP) is -0.159. The minimum absolute atomic E-state index is 0.121. The Morgan fingerprint density at radius 2 is 2.12 bits per heavy atom. The van der Waals surface area contributed by atoms with E-state index >= 15 is 0 Å². The number of pyridine rings is 1. The lowest BCUT2D eigenvalue weighted by Gasteiger charge is -1.95. The zero-order valence-corrected chi connectivity index (χ0v) is 9.81. The number of hydrogen-bond donors (Lipinski definition) is 1. The topological polar surface area (TPSA) is 83.2 Å². The van der Waals surface area contributed by atoms with Crippen molar-refractivity contribution in [2.75, 3.05) is 5.84 Å². The van der Waals surface area contributed by atoms with Gasteiger partial charge in [-0.15, -0.1) is 4.68 Å². The van der Waals surface area contributed by atoms with Gasteiger partial charge >= 0.3 is 10.8 Å². The quantitative estimate of drug-likeness (QED) is 0.478. The zero-order chi connectivity index (χ0) is 12.0. The van der Waals surface area contributed by atoms with E-state index in [-0.39, 0.29) is 5.88 Å². The van der Waals surface area contributed by atoms with Crippen molar-refractivity contribution in [2.45, 2.75) is 6.92 Å². The third kappa shape index (κ3) is 1.36. The van der Waals surface area contributed by atoms with Crippen LogP contribution in [-0.4, -0.2) is 14.6 Å². The van der Waals surface area contributed by atoms with Crippen LogP contribution in [0.25, 0.3) is 16.3 Å². The standard InChI is InChI=1S/C10H9N5OS/c1-6-9(16)15-10(17-6)14(11)8(13-15)7-2-4-12-5-3-7/h2-5H,11H2,1H3. The fourth-order valence-corrected chi connectivity index (χ4v) is 2.47. The van der Waals surface area contributed by atoms with Gasteiger partial charge in [0.1, 0.15) is 0 Å². The van der Waals surface area contributed by atoms with Gasteiger partial charge in [0, 0.05) is 17.3 Å². The molecule has 0 fully saturated rings. The van der Waals surface area contributed by atoms with Crippen molar-refractivity contribution < 1.29 is 9.78 Å². The summed E-state index contributed by atoms with van der Waals surface area (Å²) in [5, 5.41) is 16.0. The number of nitrogens with zero attached hydrogens (tertiary/aromatic N) is 4. The molecule has 3 rings (SSSR count). The van der Waals surface area contributed by atoms with Crippen LogP contribution in [0.2, 0.25) is 0 Å². The highest BCUT2D eigenvalue weighted by atomic mass is 32.1. The smallest absolute Gasteiger partial charge is 0.345 e. The summed E-state index contributed by atoms with van der Waals surface area (Å²) < 4.78 is 2.75. The minimum Gasteiger partial charge on any atom is -0.845 e. The Balaban J connectivity index is 2.29. The lowest BCUT2D eigenvalue weighted by Crippen LogP contribution is -2.45. The first-order chi connectivity index (χ1) is 8.18. The summed E-state index contributed by atoms with van der Waals surface area (Å²) in [6.07, 6.45) is 3.32. The summed E-state index contributed by atoms with van der Waals surface area (Å²) in [7, 11) is 0. The maximum atomic E-state index is 11.8. The molecule has 7 heteroatoms. The summed E-state index contributed by atoms with van der Waals surface area (Å²) >= 11 is 1.33. The van der Waals surface area contributed by atoms with Crippen molar-refractivity contribution >= 4 is 16.3 Å². The van der Waals surface area contributed by atoms with Crippen LogP contribution in [0, 0.1) is 6.92 Å². The van der Waals surface area contributed by atoms with E-state index in [1.165, 1.54) is 20.5 Å². The minimum atomic E-state index is -0.121. The molecular weight excluding hydrogens is 238 g/mol. The Morgan fingerprint density at radius 3 is 2.76 bits per heavy atom. The molecule has 0 atom stereocenters. The summed E-state index contributed by atoms with van der Waals surface area (Å²) in [4.78, 5) is 5.23. The van der Waals surface area contributed by atoms with E-state index in [4.69, 9.17) is 5.84 Å². The van der Waals surface area contributed by atoms with Crippen LogP contribution >= 0.6 is 11.3 Å². The molecule has 86 valence electrons. The van der Waals surface area contributed by atoms with Gasteiger partial charge in [-0.1, -0.05) is 15.9 Å². The van der Waals surface area contributed by atoms with Gasteiger partial charge in [0.15, 0.2) is 0 Å². The number of thiazole rings is 1. The molecule has 0 aromatic carbocycles. The molecule has 17 heavy (non-hydrogen) atoms. The number of aryl methyl sites for hydroxylation is 1. The average molecular weight is 247 g/mol. The Hall–Kier alpha value is -2.15. The Kier molecular flexibility index (Phi) is 2.02. The molecule has 0 aliphatic rings. The molecule has 0 aliphatic heterocycles. The van der Waals surface area contributed by atoms with Crippen LogP contribution in [0.4, 0.5) is 0 Å². The third-order valence-corrected chi connectivity index (χ3v) is 3.52. The van der Waals surface area contributed by atoms with Crippen LogP contribution in [-0.2, 0) is 0 Å². The van der Waals surface area contributed by atoms with E-state index < -0.39 is 0 Å². The number of rotatable bonds is 1. The highest BCUT2D eigenvalue weighted by Gasteiger charge is 2.23. The largest absolute Gasteiger partial charge is 0.845 e.